The van der Waals surface area contributed by atoms with Crippen LogP contribution in [0.1, 0.15) is 10.8 Å². The van der Waals surface area contributed by atoms with Crippen LogP contribution in [-0.2, 0) is 0 Å². The second kappa shape index (κ2) is 7.20. The molecule has 0 aliphatic heterocycles. The minimum atomic E-state index is 0.308. The molecule has 0 aliphatic carbocycles. The molecule has 1 unspecified atom stereocenters. The van der Waals surface area contributed by atoms with Crippen molar-refractivity contribution >= 4 is 35.0 Å². The first-order chi connectivity index (χ1) is 9.20. The summed E-state index contributed by atoms with van der Waals surface area (Å²) in [7, 11) is 1.95. The zero-order valence-electron chi connectivity index (χ0n) is 10.6. The van der Waals surface area contributed by atoms with E-state index >= 15 is 0 Å². The van der Waals surface area contributed by atoms with Crippen LogP contribution in [0.2, 0.25) is 10.0 Å². The first-order valence-corrected chi connectivity index (χ1v) is 7.65. The molecule has 19 heavy (non-hydrogen) atoms. The number of thioether (sulfide) groups is 1. The van der Waals surface area contributed by atoms with Crippen molar-refractivity contribution in [2.75, 3.05) is 13.6 Å². The van der Waals surface area contributed by atoms with E-state index in [0.29, 0.717) is 10.3 Å². The van der Waals surface area contributed by atoms with Gasteiger partial charge in [-0.25, -0.2) is 0 Å². The van der Waals surface area contributed by atoms with Crippen LogP contribution in [0.5, 0.6) is 0 Å². The lowest BCUT2D eigenvalue weighted by Gasteiger charge is -2.17. The van der Waals surface area contributed by atoms with Crippen molar-refractivity contribution < 1.29 is 0 Å². The van der Waals surface area contributed by atoms with E-state index in [2.05, 4.69) is 29.6 Å². The third-order valence-corrected chi connectivity index (χ3v) is 4.72. The van der Waals surface area contributed by atoms with Crippen LogP contribution >= 0.6 is 35.0 Å². The standard InChI is InChI=1S/C15H15Cl2NS/c1-18-10-15(11-5-3-2-4-6-11)19-14-9-12(16)7-8-13(14)17/h2-9,15,18H,10H2,1H3. The minimum absolute atomic E-state index is 0.308. The van der Waals surface area contributed by atoms with Gasteiger partial charge >= 0.3 is 0 Å². The second-order valence-electron chi connectivity index (χ2n) is 4.15. The van der Waals surface area contributed by atoms with Gasteiger partial charge in [0.25, 0.3) is 0 Å². The number of nitrogens with one attached hydrogen (secondary N) is 1. The summed E-state index contributed by atoms with van der Waals surface area (Å²) in [6.07, 6.45) is 0. The molecule has 0 saturated carbocycles. The molecular weight excluding hydrogens is 297 g/mol. The van der Waals surface area contributed by atoms with Gasteiger partial charge in [0.2, 0.25) is 0 Å². The van der Waals surface area contributed by atoms with E-state index in [1.54, 1.807) is 11.8 Å². The van der Waals surface area contributed by atoms with Gasteiger partial charge in [-0.2, -0.15) is 0 Å². The molecule has 1 atom stereocenters. The lowest BCUT2D eigenvalue weighted by molar-refractivity contribution is 0.778. The highest BCUT2D eigenvalue weighted by Gasteiger charge is 2.14. The van der Waals surface area contributed by atoms with E-state index < -0.39 is 0 Å². The summed E-state index contributed by atoms with van der Waals surface area (Å²) in [6.45, 7) is 0.873. The fourth-order valence-corrected chi connectivity index (χ4v) is 3.51. The molecule has 1 N–H and O–H groups in total. The molecule has 0 spiro atoms. The highest BCUT2D eigenvalue weighted by Crippen LogP contribution is 2.39. The van der Waals surface area contributed by atoms with Crippen molar-refractivity contribution in [1.82, 2.24) is 5.32 Å². The third-order valence-electron chi connectivity index (χ3n) is 2.72. The van der Waals surface area contributed by atoms with Crippen LogP contribution < -0.4 is 5.32 Å². The van der Waals surface area contributed by atoms with E-state index in [0.717, 1.165) is 16.5 Å². The summed E-state index contributed by atoms with van der Waals surface area (Å²) in [5.74, 6) is 0. The van der Waals surface area contributed by atoms with E-state index in [-0.39, 0.29) is 0 Å². The van der Waals surface area contributed by atoms with Crippen molar-refractivity contribution in [2.24, 2.45) is 0 Å². The van der Waals surface area contributed by atoms with E-state index in [1.165, 1.54) is 5.56 Å². The number of rotatable bonds is 5. The molecule has 0 amide bonds. The largest absolute Gasteiger partial charge is 0.318 e. The van der Waals surface area contributed by atoms with E-state index in [4.69, 9.17) is 23.2 Å². The van der Waals surface area contributed by atoms with Crippen molar-refractivity contribution in [1.29, 1.82) is 0 Å². The highest BCUT2D eigenvalue weighted by atomic mass is 35.5. The van der Waals surface area contributed by atoms with Gasteiger partial charge in [-0.15, -0.1) is 11.8 Å². The molecule has 0 saturated heterocycles. The third kappa shape index (κ3) is 4.15. The van der Waals surface area contributed by atoms with Crippen LogP contribution in [-0.4, -0.2) is 13.6 Å². The zero-order valence-corrected chi connectivity index (χ0v) is 12.9. The number of likely N-dealkylation sites (N-methyl/N-ethyl adjacent to an activating group) is 1. The lowest BCUT2D eigenvalue weighted by atomic mass is 10.1. The summed E-state index contributed by atoms with van der Waals surface area (Å²) in [6, 6.07) is 16.0. The summed E-state index contributed by atoms with van der Waals surface area (Å²) < 4.78 is 0. The number of hydrogen-bond donors (Lipinski definition) is 1. The quantitative estimate of drug-likeness (QED) is 0.776. The van der Waals surface area contributed by atoms with Gasteiger partial charge < -0.3 is 5.32 Å². The summed E-state index contributed by atoms with van der Waals surface area (Å²) >= 11 is 14.0. The van der Waals surface area contributed by atoms with Gasteiger partial charge in [0.1, 0.15) is 0 Å². The van der Waals surface area contributed by atoms with Gasteiger partial charge in [0.05, 0.1) is 5.02 Å². The molecule has 2 aromatic rings. The molecular formula is C15H15Cl2NS. The predicted octanol–water partition coefficient (Wildman–Crippen LogP) is 5.05. The summed E-state index contributed by atoms with van der Waals surface area (Å²) in [4.78, 5) is 1.01. The normalized spacial score (nSPS) is 12.4. The van der Waals surface area contributed by atoms with Crippen LogP contribution in [0, 0.1) is 0 Å². The Balaban J connectivity index is 2.24. The Hall–Kier alpha value is -0.670. The summed E-state index contributed by atoms with van der Waals surface area (Å²) in [5.41, 5.74) is 1.28. The SMILES string of the molecule is CNCC(Sc1cc(Cl)ccc1Cl)c1ccccc1. The molecule has 1 nitrogen and oxygen atoms in total. The number of benzene rings is 2. The van der Waals surface area contributed by atoms with Crippen LogP contribution in [0.4, 0.5) is 0 Å². The predicted molar refractivity (Wildman–Crippen MR) is 85.4 cm³/mol. The maximum absolute atomic E-state index is 6.23. The molecule has 2 rings (SSSR count). The topological polar surface area (TPSA) is 12.0 Å². The molecule has 0 aliphatic rings. The highest BCUT2D eigenvalue weighted by molar-refractivity contribution is 7.99. The van der Waals surface area contributed by atoms with Crippen molar-refractivity contribution in [3.05, 3.63) is 64.1 Å². The molecule has 0 fully saturated rings. The molecule has 4 heteroatoms. The molecule has 0 radical (unpaired) electrons. The summed E-state index contributed by atoms with van der Waals surface area (Å²) in [5, 5.41) is 4.98. The van der Waals surface area contributed by atoms with Gasteiger partial charge in [-0.3, -0.25) is 0 Å². The van der Waals surface area contributed by atoms with Crippen molar-refractivity contribution in [3.63, 3.8) is 0 Å². The Kier molecular flexibility index (Phi) is 5.59. The van der Waals surface area contributed by atoms with Crippen molar-refractivity contribution in [3.8, 4) is 0 Å². The van der Waals surface area contributed by atoms with Gasteiger partial charge in [0.15, 0.2) is 0 Å². The Labute approximate surface area is 128 Å². The van der Waals surface area contributed by atoms with Crippen LogP contribution in [0.25, 0.3) is 0 Å². The van der Waals surface area contributed by atoms with E-state index in [9.17, 15) is 0 Å². The van der Waals surface area contributed by atoms with Gasteiger partial charge in [-0.1, -0.05) is 53.5 Å². The van der Waals surface area contributed by atoms with Crippen LogP contribution in [0.3, 0.4) is 0 Å². The molecule has 0 bridgehead atoms. The minimum Gasteiger partial charge on any atom is -0.318 e. The molecule has 0 heterocycles. The zero-order chi connectivity index (χ0) is 13.7. The Bertz CT molecular complexity index is 531. The maximum Gasteiger partial charge on any atom is 0.0543 e. The smallest absolute Gasteiger partial charge is 0.0543 e. The monoisotopic (exact) mass is 311 g/mol. The van der Waals surface area contributed by atoms with Crippen molar-refractivity contribution in [2.45, 2.75) is 10.1 Å². The average Bonchev–Trinajstić information content (AvgIpc) is 2.43. The van der Waals surface area contributed by atoms with Gasteiger partial charge in [-0.05, 0) is 30.8 Å². The fourth-order valence-electron chi connectivity index (χ4n) is 1.80. The lowest BCUT2D eigenvalue weighted by Crippen LogP contribution is -2.14. The maximum atomic E-state index is 6.23. The van der Waals surface area contributed by atoms with Gasteiger partial charge in [0, 0.05) is 21.7 Å². The fraction of sp³-hybridized carbons (Fsp3) is 0.200. The first kappa shape index (κ1) is 14.7. The Morgan fingerprint density at radius 3 is 2.53 bits per heavy atom. The number of hydrogen-bond acceptors (Lipinski definition) is 2. The Morgan fingerprint density at radius 2 is 1.84 bits per heavy atom. The molecule has 0 aromatic heterocycles. The average molecular weight is 312 g/mol. The molecule has 2 aromatic carbocycles. The second-order valence-corrected chi connectivity index (χ2v) is 6.24. The Morgan fingerprint density at radius 1 is 1.11 bits per heavy atom. The number of halogens is 2. The molecule has 100 valence electrons. The van der Waals surface area contributed by atoms with E-state index in [1.807, 2.05) is 31.3 Å². The first-order valence-electron chi connectivity index (χ1n) is 6.02. The van der Waals surface area contributed by atoms with Crippen LogP contribution in [0.15, 0.2) is 53.4 Å².